The molecule has 0 atom stereocenters. The van der Waals surface area contributed by atoms with E-state index >= 15 is 0 Å². The number of aryl methyl sites for hydroxylation is 2. The summed E-state index contributed by atoms with van der Waals surface area (Å²) in [4.78, 5) is 14.5. The van der Waals surface area contributed by atoms with Crippen molar-refractivity contribution in [1.29, 1.82) is 0 Å². The summed E-state index contributed by atoms with van der Waals surface area (Å²) in [6, 6.07) is 6.33. The maximum absolute atomic E-state index is 12.8. The quantitative estimate of drug-likeness (QED) is 0.725. The number of rotatable bonds is 6. The van der Waals surface area contributed by atoms with Crippen LogP contribution in [0.25, 0.3) is 0 Å². The minimum absolute atomic E-state index is 0.0153. The molecule has 0 bridgehead atoms. The van der Waals surface area contributed by atoms with Gasteiger partial charge in [0.05, 0.1) is 17.7 Å². The van der Waals surface area contributed by atoms with Gasteiger partial charge in [-0.25, -0.2) is 8.42 Å². The van der Waals surface area contributed by atoms with Crippen molar-refractivity contribution in [2.45, 2.75) is 31.6 Å². The molecule has 0 aliphatic carbocycles. The third-order valence-electron chi connectivity index (χ3n) is 5.06. The minimum Gasteiger partial charge on any atom is -0.497 e. The fourth-order valence-corrected chi connectivity index (χ4v) is 4.75. The highest BCUT2D eigenvalue weighted by atomic mass is 32.2. The second-order valence-electron chi connectivity index (χ2n) is 6.76. The molecule has 1 saturated heterocycles. The van der Waals surface area contributed by atoms with Gasteiger partial charge in [-0.2, -0.15) is 4.31 Å². The monoisotopic (exact) mass is 407 g/mol. The van der Waals surface area contributed by atoms with Crippen LogP contribution in [0.3, 0.4) is 0 Å². The Kier molecular flexibility index (Phi) is 6.04. The Morgan fingerprint density at radius 3 is 2.32 bits per heavy atom. The van der Waals surface area contributed by atoms with Gasteiger partial charge in [0.2, 0.25) is 15.9 Å². The molecule has 1 aromatic carbocycles. The third kappa shape index (κ3) is 4.20. The number of piperazine rings is 1. The minimum atomic E-state index is -3.58. The zero-order valence-electron chi connectivity index (χ0n) is 16.3. The topological polar surface area (TPSA) is 93.0 Å². The van der Waals surface area contributed by atoms with Crippen LogP contribution in [0, 0.1) is 13.8 Å². The van der Waals surface area contributed by atoms with Crippen molar-refractivity contribution in [1.82, 2.24) is 14.4 Å². The van der Waals surface area contributed by atoms with E-state index in [9.17, 15) is 13.2 Å². The lowest BCUT2D eigenvalue weighted by molar-refractivity contribution is -0.132. The molecule has 28 heavy (non-hydrogen) atoms. The number of aromatic nitrogens is 1. The summed E-state index contributed by atoms with van der Waals surface area (Å²) in [5.41, 5.74) is 1.77. The summed E-state index contributed by atoms with van der Waals surface area (Å²) < 4.78 is 37.2. The molecule has 3 rings (SSSR count). The lowest BCUT2D eigenvalue weighted by atomic mass is 10.1. The van der Waals surface area contributed by atoms with E-state index in [0.717, 1.165) is 17.0 Å². The van der Waals surface area contributed by atoms with Gasteiger partial charge >= 0.3 is 0 Å². The van der Waals surface area contributed by atoms with Crippen LogP contribution in [0.15, 0.2) is 33.7 Å². The molecule has 1 fully saturated rings. The fraction of sp³-hybridized carbons (Fsp3) is 0.474. The van der Waals surface area contributed by atoms with E-state index in [-0.39, 0.29) is 23.9 Å². The lowest BCUT2D eigenvalue weighted by Gasteiger charge is -2.34. The first-order valence-electron chi connectivity index (χ1n) is 9.16. The number of benzene rings is 1. The number of amides is 1. The highest BCUT2D eigenvalue weighted by Gasteiger charge is 2.30. The number of methoxy groups -OCH3 is 1. The number of ether oxygens (including phenoxy) is 1. The van der Waals surface area contributed by atoms with E-state index < -0.39 is 10.0 Å². The smallest absolute Gasteiger partial charge is 0.243 e. The van der Waals surface area contributed by atoms with Crippen LogP contribution >= 0.6 is 0 Å². The highest BCUT2D eigenvalue weighted by molar-refractivity contribution is 7.89. The Bertz CT molecular complexity index is 909. The Morgan fingerprint density at radius 2 is 1.79 bits per heavy atom. The van der Waals surface area contributed by atoms with Crippen molar-refractivity contribution in [3.05, 3.63) is 41.3 Å². The van der Waals surface area contributed by atoms with Gasteiger partial charge in [-0.3, -0.25) is 4.79 Å². The van der Waals surface area contributed by atoms with Gasteiger partial charge in [0.15, 0.2) is 0 Å². The van der Waals surface area contributed by atoms with E-state index in [2.05, 4.69) is 5.16 Å². The fourth-order valence-electron chi connectivity index (χ4n) is 3.32. The summed E-state index contributed by atoms with van der Waals surface area (Å²) in [7, 11) is -2.04. The van der Waals surface area contributed by atoms with Crippen LogP contribution in [-0.2, 0) is 21.2 Å². The second kappa shape index (κ2) is 8.32. The van der Waals surface area contributed by atoms with Crippen molar-refractivity contribution in [3.63, 3.8) is 0 Å². The predicted octanol–water partition coefficient (Wildman–Crippen LogP) is 1.77. The molecular formula is C19H25N3O5S. The van der Waals surface area contributed by atoms with Crippen molar-refractivity contribution in [2.75, 3.05) is 33.3 Å². The molecule has 0 N–H and O–H groups in total. The Hall–Kier alpha value is -2.39. The molecule has 8 nitrogen and oxygen atoms in total. The summed E-state index contributed by atoms with van der Waals surface area (Å²) in [5.74, 6) is 1.36. The van der Waals surface area contributed by atoms with E-state index in [4.69, 9.17) is 9.26 Å². The molecule has 1 aromatic heterocycles. The Balaban J connectivity index is 1.56. The van der Waals surface area contributed by atoms with Gasteiger partial charge < -0.3 is 14.2 Å². The average molecular weight is 407 g/mol. The average Bonchev–Trinajstić information content (AvgIpc) is 3.03. The van der Waals surface area contributed by atoms with Crippen LogP contribution in [-0.4, -0.2) is 62.0 Å². The first kappa shape index (κ1) is 20.3. The van der Waals surface area contributed by atoms with Crippen LogP contribution in [0.4, 0.5) is 0 Å². The number of hydrogen-bond donors (Lipinski definition) is 0. The Labute approximate surface area is 165 Å². The zero-order chi connectivity index (χ0) is 20.3. The summed E-state index contributed by atoms with van der Waals surface area (Å²) in [6.45, 7) is 5.03. The molecule has 0 spiro atoms. The molecule has 152 valence electrons. The van der Waals surface area contributed by atoms with Crippen LogP contribution < -0.4 is 4.74 Å². The van der Waals surface area contributed by atoms with E-state index in [1.54, 1.807) is 17.0 Å². The first-order valence-corrected chi connectivity index (χ1v) is 10.6. The maximum atomic E-state index is 12.8. The number of carbonyl (C=O) groups is 1. The standard InChI is InChI=1S/C19H25N3O5S/c1-14-18(15(2)27-20-14)8-9-19(23)21-10-12-22(13-11-21)28(24,25)17-6-4-16(26-3)5-7-17/h4-7H,8-13H2,1-3H3. The predicted molar refractivity (Wildman–Crippen MR) is 103 cm³/mol. The molecule has 1 aliphatic heterocycles. The molecule has 1 amide bonds. The van der Waals surface area contributed by atoms with E-state index in [0.29, 0.717) is 31.7 Å². The molecule has 2 heterocycles. The number of hydrogen-bond acceptors (Lipinski definition) is 6. The molecule has 0 unspecified atom stereocenters. The molecule has 9 heteroatoms. The van der Waals surface area contributed by atoms with Gasteiger partial charge in [0.25, 0.3) is 0 Å². The lowest BCUT2D eigenvalue weighted by Crippen LogP contribution is -2.50. The second-order valence-corrected chi connectivity index (χ2v) is 8.70. The van der Waals surface area contributed by atoms with Crippen molar-refractivity contribution >= 4 is 15.9 Å². The third-order valence-corrected chi connectivity index (χ3v) is 6.97. The largest absolute Gasteiger partial charge is 0.497 e. The Morgan fingerprint density at radius 1 is 1.14 bits per heavy atom. The normalized spacial score (nSPS) is 15.6. The summed E-state index contributed by atoms with van der Waals surface area (Å²) in [6.07, 6.45) is 0.929. The number of nitrogens with zero attached hydrogens (tertiary/aromatic N) is 3. The molecule has 0 saturated carbocycles. The molecular weight excluding hydrogens is 382 g/mol. The van der Waals surface area contributed by atoms with Crippen LogP contribution in [0.1, 0.15) is 23.4 Å². The van der Waals surface area contributed by atoms with Crippen molar-refractivity contribution in [3.8, 4) is 5.75 Å². The molecule has 1 aliphatic rings. The van der Waals surface area contributed by atoms with Gasteiger partial charge in [-0.05, 0) is 44.5 Å². The van der Waals surface area contributed by atoms with Gasteiger partial charge in [-0.15, -0.1) is 0 Å². The van der Waals surface area contributed by atoms with Crippen molar-refractivity contribution in [2.24, 2.45) is 0 Å². The van der Waals surface area contributed by atoms with E-state index in [1.807, 2.05) is 13.8 Å². The van der Waals surface area contributed by atoms with Crippen molar-refractivity contribution < 1.29 is 22.5 Å². The van der Waals surface area contributed by atoms with Gasteiger partial charge in [-0.1, -0.05) is 5.16 Å². The molecule has 2 aromatic rings. The van der Waals surface area contributed by atoms with Gasteiger partial charge in [0.1, 0.15) is 11.5 Å². The van der Waals surface area contributed by atoms with Crippen LogP contribution in [0.2, 0.25) is 0 Å². The summed E-state index contributed by atoms with van der Waals surface area (Å²) in [5, 5.41) is 3.90. The molecule has 0 radical (unpaired) electrons. The zero-order valence-corrected chi connectivity index (χ0v) is 17.2. The number of sulfonamides is 1. The van der Waals surface area contributed by atoms with E-state index in [1.165, 1.54) is 23.5 Å². The van der Waals surface area contributed by atoms with Crippen LogP contribution in [0.5, 0.6) is 5.75 Å². The maximum Gasteiger partial charge on any atom is 0.243 e. The SMILES string of the molecule is COc1ccc(S(=O)(=O)N2CCN(C(=O)CCc3c(C)noc3C)CC2)cc1. The first-order chi connectivity index (χ1) is 13.3. The highest BCUT2D eigenvalue weighted by Crippen LogP contribution is 2.21. The number of carbonyl (C=O) groups excluding carboxylic acids is 1. The summed E-state index contributed by atoms with van der Waals surface area (Å²) >= 11 is 0. The van der Waals surface area contributed by atoms with Gasteiger partial charge in [0, 0.05) is 38.2 Å².